The van der Waals surface area contributed by atoms with Crippen LogP contribution in [-0.4, -0.2) is 77.5 Å². The lowest BCUT2D eigenvalue weighted by Gasteiger charge is -2.29. The summed E-state index contributed by atoms with van der Waals surface area (Å²) < 4.78 is 81.8. The summed E-state index contributed by atoms with van der Waals surface area (Å²) in [5.74, 6) is -5.31. The molecule has 2 aliphatic heterocycles. The molecule has 0 bridgehead atoms. The second kappa shape index (κ2) is 18.0. The molecule has 1 N–H and O–H groups in total. The SMILES string of the molecule is CC(C)(C)OC(=O)N1CC2(CC2)C[C@H]1c1ncc(-c2ccc3c(c2)C(F)(F)c2cc(Br)ccc2-3)[nH]1.CC(C)(C)OC(=O)N1CC2(CC2)C[C@H]1c1ncc(-c2ccc3c(c2)C(F)(F)c2cc(Br)ccc2-3)n1C(=O)OC(C)(C)C. The first-order chi connectivity index (χ1) is 35.9. The van der Waals surface area contributed by atoms with E-state index in [1.807, 2.05) is 47.6 Å². The second-order valence-corrected chi connectivity index (χ2v) is 26.5. The Morgan fingerprint density at radius 1 is 0.558 bits per heavy atom. The van der Waals surface area contributed by atoms with Crippen molar-refractivity contribution in [1.29, 1.82) is 0 Å². The number of fused-ring (bicyclic) bond motifs is 6. The van der Waals surface area contributed by atoms with Crippen molar-refractivity contribution >= 4 is 50.1 Å². The minimum Gasteiger partial charge on any atom is -0.444 e. The molecule has 12 nitrogen and oxygen atoms in total. The number of aromatic nitrogens is 4. The van der Waals surface area contributed by atoms with E-state index >= 15 is 17.6 Å². The van der Waals surface area contributed by atoms with Crippen molar-refractivity contribution in [3.05, 3.63) is 128 Å². The number of aromatic amines is 1. The summed E-state index contributed by atoms with van der Waals surface area (Å²) in [6.45, 7) is 17.4. The second-order valence-electron chi connectivity index (χ2n) is 24.7. The number of halogens is 6. The molecule has 77 heavy (non-hydrogen) atoms. The molecule has 18 heteroatoms. The highest BCUT2D eigenvalue weighted by molar-refractivity contribution is 9.10. The Morgan fingerprint density at radius 3 is 1.45 bits per heavy atom. The number of alkyl halides is 4. The van der Waals surface area contributed by atoms with Crippen LogP contribution in [-0.2, 0) is 26.1 Å². The average molecular weight is 1180 g/mol. The lowest BCUT2D eigenvalue weighted by atomic mass is 10.0. The van der Waals surface area contributed by atoms with Gasteiger partial charge >= 0.3 is 18.3 Å². The molecule has 6 aliphatic rings. The normalized spacial score (nSPS) is 20.5. The molecule has 2 atom stereocenters. The zero-order chi connectivity index (χ0) is 55.2. The Labute approximate surface area is 461 Å². The summed E-state index contributed by atoms with van der Waals surface area (Å²) in [7, 11) is 0. The van der Waals surface area contributed by atoms with Crippen LogP contribution >= 0.6 is 31.9 Å². The zero-order valence-corrected chi connectivity index (χ0v) is 47.5. The number of carbonyl (C=O) groups is 3. The van der Waals surface area contributed by atoms with E-state index in [4.69, 9.17) is 14.2 Å². The predicted octanol–water partition coefficient (Wildman–Crippen LogP) is 16.1. The fourth-order valence-corrected chi connectivity index (χ4v) is 12.1. The highest BCUT2D eigenvalue weighted by Gasteiger charge is 2.57. The van der Waals surface area contributed by atoms with Gasteiger partial charge in [0.05, 0.1) is 35.9 Å². The molecule has 12 rings (SSSR count). The van der Waals surface area contributed by atoms with Crippen molar-refractivity contribution in [1.82, 2.24) is 29.3 Å². The Kier molecular flexibility index (Phi) is 12.4. The van der Waals surface area contributed by atoms with Gasteiger partial charge in [-0.05, 0) is 170 Å². The zero-order valence-electron chi connectivity index (χ0n) is 44.3. The highest BCUT2D eigenvalue weighted by atomic mass is 79.9. The van der Waals surface area contributed by atoms with E-state index in [0.29, 0.717) is 84.9 Å². The number of hydrogen-bond donors (Lipinski definition) is 1. The minimum absolute atomic E-state index is 0.00701. The third-order valence-electron chi connectivity index (χ3n) is 15.3. The van der Waals surface area contributed by atoms with Crippen LogP contribution in [0.1, 0.15) is 147 Å². The van der Waals surface area contributed by atoms with Gasteiger partial charge in [-0.15, -0.1) is 0 Å². The first-order valence-electron chi connectivity index (χ1n) is 26.0. The van der Waals surface area contributed by atoms with Crippen LogP contribution in [0.3, 0.4) is 0 Å². The van der Waals surface area contributed by atoms with Crippen LogP contribution in [0, 0.1) is 10.8 Å². The molecule has 4 aliphatic carbocycles. The summed E-state index contributed by atoms with van der Waals surface area (Å²) in [6, 6.07) is 19.0. The van der Waals surface area contributed by atoms with Crippen LogP contribution in [0.4, 0.5) is 31.9 Å². The van der Waals surface area contributed by atoms with Gasteiger partial charge in [0.15, 0.2) is 0 Å². The summed E-state index contributed by atoms with van der Waals surface area (Å²) in [6.07, 6.45) is 7.23. The van der Waals surface area contributed by atoms with Crippen LogP contribution in [0.15, 0.2) is 94.1 Å². The number of hydrogen-bond acceptors (Lipinski definition) is 8. The van der Waals surface area contributed by atoms with Gasteiger partial charge in [-0.1, -0.05) is 68.3 Å². The number of nitrogens with zero attached hydrogens (tertiary/aromatic N) is 5. The third-order valence-corrected chi connectivity index (χ3v) is 16.3. The van der Waals surface area contributed by atoms with E-state index < -0.39 is 46.9 Å². The van der Waals surface area contributed by atoms with E-state index in [9.17, 15) is 14.4 Å². The van der Waals surface area contributed by atoms with Gasteiger partial charge in [0.2, 0.25) is 0 Å². The van der Waals surface area contributed by atoms with Gasteiger partial charge < -0.3 is 19.2 Å². The number of rotatable bonds is 4. The van der Waals surface area contributed by atoms with E-state index in [0.717, 1.165) is 32.1 Å². The summed E-state index contributed by atoms with van der Waals surface area (Å²) in [5, 5.41) is 0. The summed E-state index contributed by atoms with van der Waals surface area (Å²) >= 11 is 6.61. The van der Waals surface area contributed by atoms with Crippen LogP contribution in [0.5, 0.6) is 0 Å². The lowest BCUT2D eigenvalue weighted by Crippen LogP contribution is -2.38. The molecule has 404 valence electrons. The van der Waals surface area contributed by atoms with Crippen molar-refractivity contribution < 1.29 is 46.2 Å². The molecule has 2 spiro atoms. The number of likely N-dealkylation sites (tertiary alicyclic amines) is 2. The van der Waals surface area contributed by atoms with E-state index in [1.165, 1.54) is 29.0 Å². The number of amides is 2. The number of carbonyl (C=O) groups excluding carboxylic acids is 3. The molecule has 4 aromatic carbocycles. The summed E-state index contributed by atoms with van der Waals surface area (Å²) in [5.41, 5.74) is 1.80. The third kappa shape index (κ3) is 9.88. The first kappa shape index (κ1) is 53.0. The minimum atomic E-state index is -3.22. The summed E-state index contributed by atoms with van der Waals surface area (Å²) in [4.78, 5) is 56.0. The maximum absolute atomic E-state index is 15.7. The lowest BCUT2D eigenvalue weighted by molar-refractivity contribution is 0.0197. The quantitative estimate of drug-likeness (QED) is 0.136. The maximum atomic E-state index is 15.7. The van der Waals surface area contributed by atoms with Gasteiger partial charge in [0.1, 0.15) is 28.5 Å². The van der Waals surface area contributed by atoms with Gasteiger partial charge in [0.25, 0.3) is 11.8 Å². The van der Waals surface area contributed by atoms with Crippen LogP contribution in [0.2, 0.25) is 0 Å². The van der Waals surface area contributed by atoms with Gasteiger partial charge in [0, 0.05) is 55.4 Å². The highest BCUT2D eigenvalue weighted by Crippen LogP contribution is 2.60. The monoisotopic (exact) mass is 1180 g/mol. The molecular formula is C59H60Br2F4N6O6. The Bertz CT molecular complexity index is 3420. The van der Waals surface area contributed by atoms with E-state index in [1.54, 1.807) is 85.3 Å². The average Bonchev–Trinajstić information content (AvgIpc) is 3.94. The fraction of sp³-hybridized carbons (Fsp3) is 0.441. The standard InChI is InChI=1S/C32H34BrF2N3O4.C27H26BrF2N3O2/c1-29(2,3)41-27(39)37-17-31(11-12-31)15-24(37)26-36-16-25(38(26)28(40)42-30(4,5)6)18-7-9-20-21-10-8-19(33)14-23(21)32(34,35)22(20)13-18;1-25(2,3)35-24(34)33-14-26(8-9-26)12-22(33)23-31-13-21(32-23)15-4-6-17-18-7-5-16(28)11-20(18)27(29,30)19(17)10-15/h7-10,13-14,16,24H,11-12,15,17H2,1-6H3;4-7,10-11,13,22H,8-9,12,14H2,1-3H3,(H,31,32)/t24-;22-/m00/s1. The molecule has 2 amide bonds. The van der Waals surface area contributed by atoms with Crippen molar-refractivity contribution in [3.8, 4) is 44.8 Å². The van der Waals surface area contributed by atoms with Crippen molar-refractivity contribution in [3.63, 3.8) is 0 Å². The maximum Gasteiger partial charge on any atom is 0.420 e. The topological polar surface area (TPSA) is 132 Å². The van der Waals surface area contributed by atoms with E-state index in [-0.39, 0.29) is 45.2 Å². The molecule has 2 saturated carbocycles. The number of ether oxygens (including phenoxy) is 3. The fourth-order valence-electron chi connectivity index (χ4n) is 11.4. The molecule has 4 fully saturated rings. The molecule has 0 unspecified atom stereocenters. The van der Waals surface area contributed by atoms with Crippen LogP contribution < -0.4 is 0 Å². The molecule has 2 saturated heterocycles. The van der Waals surface area contributed by atoms with Crippen molar-refractivity contribution in [2.45, 2.75) is 142 Å². The van der Waals surface area contributed by atoms with Crippen molar-refractivity contribution in [2.75, 3.05) is 13.1 Å². The smallest absolute Gasteiger partial charge is 0.420 e. The Hall–Kier alpha value is -6.01. The molecule has 2 aromatic heterocycles. The Balaban J connectivity index is 0.000000166. The van der Waals surface area contributed by atoms with Gasteiger partial charge in [-0.3, -0.25) is 9.80 Å². The number of benzene rings is 4. The number of H-pyrrole nitrogens is 1. The largest absolute Gasteiger partial charge is 0.444 e. The van der Waals surface area contributed by atoms with Crippen LogP contribution in [0.25, 0.3) is 44.8 Å². The Morgan fingerprint density at radius 2 is 0.974 bits per heavy atom. The van der Waals surface area contributed by atoms with Gasteiger partial charge in [-0.25, -0.2) is 28.9 Å². The molecular weight excluding hydrogens is 1120 g/mol. The molecule has 6 aromatic rings. The molecule has 0 radical (unpaired) electrons. The number of nitrogens with one attached hydrogen (secondary N) is 1. The van der Waals surface area contributed by atoms with Crippen molar-refractivity contribution in [2.24, 2.45) is 10.8 Å². The van der Waals surface area contributed by atoms with Gasteiger partial charge in [-0.2, -0.15) is 17.6 Å². The predicted molar refractivity (Wildman–Crippen MR) is 290 cm³/mol. The van der Waals surface area contributed by atoms with E-state index in [2.05, 4.69) is 46.8 Å². The molecule has 4 heterocycles. The first-order valence-corrected chi connectivity index (χ1v) is 27.5. The number of imidazole rings is 2.